The average molecular weight is 340 g/mol. The van der Waals surface area contributed by atoms with Crippen LogP contribution in [0.15, 0.2) is 29.6 Å². The summed E-state index contributed by atoms with van der Waals surface area (Å²) in [6, 6.07) is 7.79. The number of thiophene rings is 1. The van der Waals surface area contributed by atoms with Gasteiger partial charge in [-0.1, -0.05) is 43.1 Å². The monoisotopic (exact) mass is 339 g/mol. The van der Waals surface area contributed by atoms with E-state index in [9.17, 15) is 0 Å². The lowest BCUT2D eigenvalue weighted by Crippen LogP contribution is -2.24. The summed E-state index contributed by atoms with van der Waals surface area (Å²) in [5, 5.41) is 3.09. The van der Waals surface area contributed by atoms with Gasteiger partial charge >= 0.3 is 0 Å². The van der Waals surface area contributed by atoms with E-state index in [-0.39, 0.29) is 5.41 Å². The van der Waals surface area contributed by atoms with Crippen molar-refractivity contribution in [2.24, 2.45) is 0 Å². The molecule has 0 radical (unpaired) electrons. The summed E-state index contributed by atoms with van der Waals surface area (Å²) in [5.41, 5.74) is 7.72. The number of nitrogen functional groups attached to an aromatic ring is 1. The molecule has 2 heterocycles. The molecule has 0 aliphatic heterocycles. The predicted octanol–water partition coefficient (Wildman–Crippen LogP) is 4.96. The van der Waals surface area contributed by atoms with Gasteiger partial charge in [-0.3, -0.25) is 0 Å². The van der Waals surface area contributed by atoms with Crippen LogP contribution in [0.1, 0.15) is 18.7 Å². The fourth-order valence-corrected chi connectivity index (χ4v) is 3.60. The molecule has 3 rings (SSSR count). The van der Waals surface area contributed by atoms with Gasteiger partial charge in [0.05, 0.1) is 21.1 Å². The third kappa shape index (κ3) is 2.63. The number of halogens is 2. The van der Waals surface area contributed by atoms with Gasteiger partial charge in [0.15, 0.2) is 0 Å². The molecule has 0 saturated carbocycles. The number of hydrogen-bond acceptors (Lipinski definition) is 3. The Morgan fingerprint density at radius 2 is 2.00 bits per heavy atom. The van der Waals surface area contributed by atoms with Crippen molar-refractivity contribution < 1.29 is 0 Å². The lowest BCUT2D eigenvalue weighted by molar-refractivity contribution is 0.453. The number of anilines is 1. The Kier molecular flexibility index (Phi) is 3.64. The second-order valence-electron chi connectivity index (χ2n) is 5.67. The van der Waals surface area contributed by atoms with Crippen LogP contribution in [0.3, 0.4) is 0 Å². The zero-order valence-electron chi connectivity index (χ0n) is 11.7. The molecule has 0 unspecified atom stereocenters. The molecule has 0 spiro atoms. The SMILES string of the molecule is CC(C)(Cn1c(N)nc2cc(Cl)c(Cl)cc21)c1cccs1. The van der Waals surface area contributed by atoms with Crippen molar-refractivity contribution in [2.45, 2.75) is 25.8 Å². The van der Waals surface area contributed by atoms with Crippen molar-refractivity contribution in [3.63, 3.8) is 0 Å². The molecule has 6 heteroatoms. The molecule has 0 aliphatic rings. The maximum absolute atomic E-state index is 6.13. The van der Waals surface area contributed by atoms with Gasteiger partial charge in [-0.2, -0.15) is 0 Å². The van der Waals surface area contributed by atoms with Crippen LogP contribution in [0, 0.1) is 0 Å². The summed E-state index contributed by atoms with van der Waals surface area (Å²) in [4.78, 5) is 5.69. The highest BCUT2D eigenvalue weighted by Crippen LogP contribution is 2.34. The molecule has 1 aromatic carbocycles. The first kappa shape index (κ1) is 14.7. The summed E-state index contributed by atoms with van der Waals surface area (Å²) in [6.45, 7) is 5.12. The van der Waals surface area contributed by atoms with E-state index in [1.165, 1.54) is 4.88 Å². The van der Waals surface area contributed by atoms with E-state index in [2.05, 4.69) is 36.3 Å². The van der Waals surface area contributed by atoms with Crippen LogP contribution < -0.4 is 5.73 Å². The van der Waals surface area contributed by atoms with E-state index < -0.39 is 0 Å². The number of hydrogen-bond donors (Lipinski definition) is 1. The summed E-state index contributed by atoms with van der Waals surface area (Å²) < 4.78 is 2.00. The molecule has 0 bridgehead atoms. The van der Waals surface area contributed by atoms with Crippen LogP contribution >= 0.6 is 34.5 Å². The zero-order valence-corrected chi connectivity index (χ0v) is 14.1. The van der Waals surface area contributed by atoms with Crippen molar-refractivity contribution in [1.29, 1.82) is 0 Å². The van der Waals surface area contributed by atoms with Crippen LogP contribution in [0.25, 0.3) is 11.0 Å². The summed E-state index contributed by atoms with van der Waals surface area (Å²) in [5.74, 6) is 0.480. The van der Waals surface area contributed by atoms with Crippen molar-refractivity contribution in [3.8, 4) is 0 Å². The van der Waals surface area contributed by atoms with Crippen LogP contribution in [-0.4, -0.2) is 9.55 Å². The number of aromatic nitrogens is 2. The van der Waals surface area contributed by atoms with Gasteiger partial charge in [0.1, 0.15) is 0 Å². The Labute approximate surface area is 137 Å². The van der Waals surface area contributed by atoms with Crippen LogP contribution in [-0.2, 0) is 12.0 Å². The maximum atomic E-state index is 6.13. The second-order valence-corrected chi connectivity index (χ2v) is 7.43. The fourth-order valence-electron chi connectivity index (χ4n) is 2.44. The molecule has 21 heavy (non-hydrogen) atoms. The van der Waals surface area contributed by atoms with Gasteiger partial charge in [-0.05, 0) is 23.6 Å². The van der Waals surface area contributed by atoms with E-state index in [1.807, 2.05) is 10.6 Å². The van der Waals surface area contributed by atoms with Gasteiger partial charge < -0.3 is 10.3 Å². The quantitative estimate of drug-likeness (QED) is 0.732. The van der Waals surface area contributed by atoms with E-state index in [4.69, 9.17) is 28.9 Å². The molecule has 0 saturated heterocycles. The summed E-state index contributed by atoms with van der Waals surface area (Å²) >= 11 is 13.9. The Morgan fingerprint density at radius 1 is 1.29 bits per heavy atom. The van der Waals surface area contributed by atoms with Crippen LogP contribution in [0.4, 0.5) is 5.95 Å². The van der Waals surface area contributed by atoms with Crippen LogP contribution in [0.2, 0.25) is 10.0 Å². The largest absolute Gasteiger partial charge is 0.369 e. The minimum atomic E-state index is -0.0397. The van der Waals surface area contributed by atoms with Gasteiger partial charge in [-0.25, -0.2) is 4.98 Å². The Morgan fingerprint density at radius 3 is 2.67 bits per heavy atom. The third-order valence-corrected chi connectivity index (χ3v) is 5.52. The minimum Gasteiger partial charge on any atom is -0.369 e. The molecule has 0 amide bonds. The normalized spacial score (nSPS) is 12.2. The molecule has 110 valence electrons. The molecule has 3 nitrogen and oxygen atoms in total. The highest BCUT2D eigenvalue weighted by Gasteiger charge is 2.24. The van der Waals surface area contributed by atoms with E-state index in [1.54, 1.807) is 17.4 Å². The molecule has 3 aromatic rings. The van der Waals surface area contributed by atoms with Gasteiger partial charge in [0, 0.05) is 16.8 Å². The Hall–Kier alpha value is -1.23. The smallest absolute Gasteiger partial charge is 0.201 e. The summed E-state index contributed by atoms with van der Waals surface area (Å²) in [6.07, 6.45) is 0. The van der Waals surface area contributed by atoms with E-state index >= 15 is 0 Å². The number of imidazole rings is 1. The van der Waals surface area contributed by atoms with Crippen molar-refractivity contribution in [2.75, 3.05) is 5.73 Å². The minimum absolute atomic E-state index is 0.0397. The highest BCUT2D eigenvalue weighted by molar-refractivity contribution is 7.10. The topological polar surface area (TPSA) is 43.8 Å². The second kappa shape index (κ2) is 5.20. The lowest BCUT2D eigenvalue weighted by atomic mass is 9.91. The van der Waals surface area contributed by atoms with Crippen molar-refractivity contribution in [3.05, 3.63) is 44.6 Å². The van der Waals surface area contributed by atoms with Gasteiger partial charge in [0.2, 0.25) is 5.95 Å². The maximum Gasteiger partial charge on any atom is 0.201 e. The number of nitrogens with zero attached hydrogens (tertiary/aromatic N) is 2. The number of benzene rings is 1. The first-order valence-electron chi connectivity index (χ1n) is 6.53. The van der Waals surface area contributed by atoms with E-state index in [0.29, 0.717) is 16.0 Å². The van der Waals surface area contributed by atoms with Gasteiger partial charge in [0.25, 0.3) is 0 Å². The first-order valence-corrected chi connectivity index (χ1v) is 8.17. The Bertz CT molecular complexity index is 791. The molecule has 2 aromatic heterocycles. The number of fused-ring (bicyclic) bond motifs is 1. The zero-order chi connectivity index (χ0) is 15.2. The molecule has 0 atom stereocenters. The molecule has 0 fully saturated rings. The van der Waals surface area contributed by atoms with Crippen molar-refractivity contribution in [1.82, 2.24) is 9.55 Å². The lowest BCUT2D eigenvalue weighted by Gasteiger charge is -2.24. The fraction of sp³-hybridized carbons (Fsp3) is 0.267. The standard InChI is InChI=1S/C15H15Cl2N3S/c1-15(2,13-4-3-5-21-13)8-20-12-7-10(17)9(16)6-11(12)19-14(20)18/h3-7H,8H2,1-2H3,(H2,18,19). The molecule has 0 aliphatic carbocycles. The van der Waals surface area contributed by atoms with Gasteiger partial charge in [-0.15, -0.1) is 11.3 Å². The number of nitrogens with two attached hydrogens (primary N) is 1. The van der Waals surface area contributed by atoms with E-state index in [0.717, 1.165) is 17.6 Å². The predicted molar refractivity (Wildman–Crippen MR) is 91.5 cm³/mol. The highest BCUT2D eigenvalue weighted by atomic mass is 35.5. The third-order valence-electron chi connectivity index (χ3n) is 3.56. The Balaban J connectivity index is 2.08. The number of rotatable bonds is 3. The molecule has 2 N–H and O–H groups in total. The van der Waals surface area contributed by atoms with Crippen molar-refractivity contribution >= 4 is 51.5 Å². The first-order chi connectivity index (χ1) is 9.88. The average Bonchev–Trinajstić information content (AvgIpc) is 3.02. The molecular formula is C15H15Cl2N3S. The van der Waals surface area contributed by atoms with Crippen LogP contribution in [0.5, 0.6) is 0 Å². The molecular weight excluding hydrogens is 325 g/mol. The summed E-state index contributed by atoms with van der Waals surface area (Å²) in [7, 11) is 0.